The third kappa shape index (κ3) is 7.39. The third-order valence-electron chi connectivity index (χ3n) is 7.36. The Morgan fingerprint density at radius 2 is 1.77 bits per heavy atom. The molecule has 0 aliphatic heterocycles. The molecule has 0 spiro atoms. The van der Waals surface area contributed by atoms with Gasteiger partial charge in [-0.1, -0.05) is 57.9 Å². The van der Waals surface area contributed by atoms with Crippen LogP contribution in [0.1, 0.15) is 75.2 Å². The van der Waals surface area contributed by atoms with Crippen LogP contribution in [0.5, 0.6) is 11.5 Å². The molecule has 208 valence electrons. The maximum atomic E-state index is 15.0. The molecular formula is C33H39FO5. The van der Waals surface area contributed by atoms with Gasteiger partial charge in [-0.3, -0.25) is 4.79 Å². The van der Waals surface area contributed by atoms with Crippen molar-refractivity contribution >= 4 is 5.97 Å². The van der Waals surface area contributed by atoms with Crippen molar-refractivity contribution in [2.24, 2.45) is 11.3 Å². The fourth-order valence-electron chi connectivity index (χ4n) is 5.28. The first-order valence-corrected chi connectivity index (χ1v) is 13.5. The topological polar surface area (TPSA) is 65.0 Å². The molecule has 1 saturated carbocycles. The summed E-state index contributed by atoms with van der Waals surface area (Å²) in [4.78, 5) is 11.5. The smallest absolute Gasteiger partial charge is 0.303 e. The van der Waals surface area contributed by atoms with Gasteiger partial charge >= 0.3 is 5.97 Å². The summed E-state index contributed by atoms with van der Waals surface area (Å²) in [5.41, 5.74) is 3.75. The molecule has 1 aliphatic carbocycles. The number of carboxylic acid groups (broad SMARTS) is 1. The Bertz CT molecular complexity index is 1290. The summed E-state index contributed by atoms with van der Waals surface area (Å²) in [6.07, 6.45) is 3.09. The monoisotopic (exact) mass is 534 g/mol. The largest absolute Gasteiger partial charge is 0.497 e. The Morgan fingerprint density at radius 1 is 1.00 bits per heavy atom. The minimum Gasteiger partial charge on any atom is -0.497 e. The first-order valence-electron chi connectivity index (χ1n) is 13.5. The lowest BCUT2D eigenvalue weighted by atomic mass is 9.81. The van der Waals surface area contributed by atoms with Crippen molar-refractivity contribution in [3.05, 3.63) is 83.2 Å². The minimum atomic E-state index is -0.779. The fourth-order valence-corrected chi connectivity index (χ4v) is 5.28. The fraction of sp³-hybridized carbons (Fsp3) is 0.424. The quantitative estimate of drug-likeness (QED) is 0.254. The summed E-state index contributed by atoms with van der Waals surface area (Å²) in [7, 11) is 3.24. The van der Waals surface area contributed by atoms with Crippen LogP contribution >= 0.6 is 0 Å². The molecule has 4 rings (SSSR count). The van der Waals surface area contributed by atoms with E-state index < -0.39 is 5.97 Å². The molecular weight excluding hydrogens is 495 g/mol. The molecule has 0 saturated heterocycles. The second-order valence-corrected chi connectivity index (χ2v) is 11.6. The highest BCUT2D eigenvalue weighted by atomic mass is 19.1. The summed E-state index contributed by atoms with van der Waals surface area (Å²) < 4.78 is 32.5. The summed E-state index contributed by atoms with van der Waals surface area (Å²) in [5, 5.41) is 9.43. The Hall–Kier alpha value is -3.38. The van der Waals surface area contributed by atoms with Crippen molar-refractivity contribution in [2.45, 2.75) is 65.1 Å². The number of carboxylic acids is 1. The number of carbonyl (C=O) groups is 1. The van der Waals surface area contributed by atoms with Crippen LogP contribution in [0.25, 0.3) is 11.1 Å². The second-order valence-electron chi connectivity index (χ2n) is 11.6. The standard InChI is InChI=1S/C33H39FO5/c1-33(2,3)32(38-5)29-16-22(11-13-27(29)28-19-25(37-4)12-14-30(28)34)20-39-26-8-6-7-23(17-26)24(18-31(35)36)15-21-9-10-21/h6-8,11-14,16-17,19,21,24,32H,9-10,15,18,20H2,1-5H3,(H,35,36)/t24-,32+/m0/s1. The number of rotatable bonds is 12. The normalized spacial score (nSPS) is 15.0. The lowest BCUT2D eigenvalue weighted by Gasteiger charge is -2.32. The Labute approximate surface area is 230 Å². The number of hydrogen-bond acceptors (Lipinski definition) is 4. The number of benzene rings is 3. The van der Waals surface area contributed by atoms with E-state index in [9.17, 15) is 9.90 Å². The van der Waals surface area contributed by atoms with Gasteiger partial charge in [0, 0.05) is 12.7 Å². The number of hydrogen-bond donors (Lipinski definition) is 1. The lowest BCUT2D eigenvalue weighted by molar-refractivity contribution is -0.137. The molecule has 6 heteroatoms. The first kappa shape index (κ1) is 28.6. The van der Waals surface area contributed by atoms with E-state index in [4.69, 9.17) is 14.2 Å². The highest BCUT2D eigenvalue weighted by Crippen LogP contribution is 2.43. The lowest BCUT2D eigenvalue weighted by Crippen LogP contribution is -2.21. The van der Waals surface area contributed by atoms with E-state index >= 15 is 4.39 Å². The predicted octanol–water partition coefficient (Wildman–Crippen LogP) is 8.17. The molecule has 3 aromatic rings. The van der Waals surface area contributed by atoms with Crippen LogP contribution in [0.3, 0.4) is 0 Å². The SMILES string of the molecule is COc1ccc(F)c(-c2ccc(COc3cccc([C@H](CC(=O)O)CC4CC4)c3)cc2[C@@H](OC)C(C)(C)C)c1. The van der Waals surface area contributed by atoms with Gasteiger partial charge in [0.1, 0.15) is 23.9 Å². The number of halogens is 1. The van der Waals surface area contributed by atoms with Crippen molar-refractivity contribution < 1.29 is 28.5 Å². The summed E-state index contributed by atoms with van der Waals surface area (Å²) >= 11 is 0. The summed E-state index contributed by atoms with van der Waals surface area (Å²) in [6.45, 7) is 6.59. The molecule has 2 atom stereocenters. The average molecular weight is 535 g/mol. The molecule has 0 amide bonds. The van der Waals surface area contributed by atoms with Gasteiger partial charge in [-0.05, 0) is 82.3 Å². The number of ether oxygens (including phenoxy) is 3. The van der Waals surface area contributed by atoms with Gasteiger partial charge in [0.05, 0.1) is 19.6 Å². The molecule has 0 radical (unpaired) electrons. The van der Waals surface area contributed by atoms with Crippen LogP contribution in [0.4, 0.5) is 4.39 Å². The molecule has 0 bridgehead atoms. The van der Waals surface area contributed by atoms with Crippen LogP contribution in [0, 0.1) is 17.2 Å². The van der Waals surface area contributed by atoms with E-state index in [-0.39, 0.29) is 29.7 Å². The molecule has 1 aliphatic rings. The van der Waals surface area contributed by atoms with E-state index in [0.29, 0.717) is 29.6 Å². The molecule has 1 fully saturated rings. The minimum absolute atomic E-state index is 0.0172. The van der Waals surface area contributed by atoms with Crippen LogP contribution < -0.4 is 9.47 Å². The van der Waals surface area contributed by atoms with Gasteiger partial charge < -0.3 is 19.3 Å². The molecule has 1 N–H and O–H groups in total. The Morgan fingerprint density at radius 3 is 2.41 bits per heavy atom. The Kier molecular flexibility index (Phi) is 8.96. The second kappa shape index (κ2) is 12.2. The highest BCUT2D eigenvalue weighted by Gasteiger charge is 2.30. The maximum absolute atomic E-state index is 15.0. The first-order chi connectivity index (χ1) is 18.6. The van der Waals surface area contributed by atoms with Crippen molar-refractivity contribution in [3.8, 4) is 22.6 Å². The Balaban J connectivity index is 1.62. The van der Waals surface area contributed by atoms with Crippen LogP contribution in [0.2, 0.25) is 0 Å². The summed E-state index contributed by atoms with van der Waals surface area (Å²) in [6, 6.07) is 18.4. The average Bonchev–Trinajstić information content (AvgIpc) is 3.71. The van der Waals surface area contributed by atoms with Gasteiger partial charge in [-0.15, -0.1) is 0 Å². The zero-order valence-electron chi connectivity index (χ0n) is 23.5. The number of methoxy groups -OCH3 is 2. The molecule has 0 heterocycles. The van der Waals surface area contributed by atoms with E-state index in [1.807, 2.05) is 42.5 Å². The van der Waals surface area contributed by atoms with E-state index in [1.165, 1.54) is 18.9 Å². The van der Waals surface area contributed by atoms with E-state index in [2.05, 4.69) is 20.8 Å². The predicted molar refractivity (Wildman–Crippen MR) is 151 cm³/mol. The molecule has 0 aromatic heterocycles. The maximum Gasteiger partial charge on any atom is 0.303 e. The number of aliphatic carboxylic acids is 1. The van der Waals surface area contributed by atoms with E-state index in [0.717, 1.165) is 28.7 Å². The van der Waals surface area contributed by atoms with Crippen molar-refractivity contribution in [1.82, 2.24) is 0 Å². The van der Waals surface area contributed by atoms with Gasteiger partial charge in [-0.2, -0.15) is 0 Å². The molecule has 0 unspecified atom stereocenters. The van der Waals surface area contributed by atoms with Gasteiger partial charge in [0.2, 0.25) is 0 Å². The van der Waals surface area contributed by atoms with Crippen LogP contribution in [-0.2, 0) is 16.1 Å². The zero-order chi connectivity index (χ0) is 28.2. The van der Waals surface area contributed by atoms with Gasteiger partial charge in [0.25, 0.3) is 0 Å². The van der Waals surface area contributed by atoms with Gasteiger partial charge in [-0.25, -0.2) is 4.39 Å². The van der Waals surface area contributed by atoms with Crippen molar-refractivity contribution in [2.75, 3.05) is 14.2 Å². The molecule has 3 aromatic carbocycles. The summed E-state index contributed by atoms with van der Waals surface area (Å²) in [5.74, 6) is 0.778. The van der Waals surface area contributed by atoms with Crippen molar-refractivity contribution in [1.29, 1.82) is 0 Å². The van der Waals surface area contributed by atoms with Crippen LogP contribution in [-0.4, -0.2) is 25.3 Å². The molecule has 39 heavy (non-hydrogen) atoms. The van der Waals surface area contributed by atoms with Crippen molar-refractivity contribution in [3.63, 3.8) is 0 Å². The highest BCUT2D eigenvalue weighted by molar-refractivity contribution is 5.71. The third-order valence-corrected chi connectivity index (χ3v) is 7.36. The van der Waals surface area contributed by atoms with Gasteiger partial charge in [0.15, 0.2) is 0 Å². The van der Waals surface area contributed by atoms with Crippen LogP contribution in [0.15, 0.2) is 60.7 Å². The zero-order valence-corrected chi connectivity index (χ0v) is 23.5. The molecule has 5 nitrogen and oxygen atoms in total. The van der Waals surface area contributed by atoms with E-state index in [1.54, 1.807) is 26.4 Å².